The smallest absolute Gasteiger partial charge is 0.257 e. The maximum absolute atomic E-state index is 12.8. The second kappa shape index (κ2) is 8.37. The summed E-state index contributed by atoms with van der Waals surface area (Å²) in [5.41, 5.74) is 8.60. The van der Waals surface area contributed by atoms with Crippen molar-refractivity contribution in [1.82, 2.24) is 10.3 Å². The monoisotopic (exact) mass is 447 g/mol. The number of hydrogen-bond acceptors (Lipinski definition) is 6. The summed E-state index contributed by atoms with van der Waals surface area (Å²) >= 11 is 1.63. The highest BCUT2D eigenvalue weighted by atomic mass is 32.1. The average Bonchev–Trinajstić information content (AvgIpc) is 3.44. The van der Waals surface area contributed by atoms with Crippen molar-refractivity contribution in [3.05, 3.63) is 59.6 Å². The molecule has 2 aliphatic rings. The van der Waals surface area contributed by atoms with E-state index < -0.39 is 0 Å². The quantitative estimate of drug-likeness (QED) is 0.529. The average molecular weight is 448 g/mol. The standard InChI is InChI=1S/C24H25N5O2S/c25-18-5-3-16(20-2-1-11-32-20)12-19(18)28-23(31)17-4-6-21(27-14-17)29-15-24(13-22(29)30)7-9-26-10-8-24/h1-6,11-12,14,26H,7-10,13,15,25H2,(H,28,31). The molecule has 164 valence electrons. The fraction of sp³-hybridized carbons (Fsp3) is 0.292. The van der Waals surface area contributed by atoms with Gasteiger partial charge in [0.05, 0.1) is 16.9 Å². The molecule has 7 nitrogen and oxygen atoms in total. The maximum Gasteiger partial charge on any atom is 0.257 e. The normalized spacial score (nSPS) is 17.6. The number of nitrogens with zero attached hydrogens (tertiary/aromatic N) is 2. The highest BCUT2D eigenvalue weighted by Gasteiger charge is 2.44. The Labute approximate surface area is 190 Å². The van der Waals surface area contributed by atoms with Crippen molar-refractivity contribution in [3.63, 3.8) is 0 Å². The number of benzene rings is 1. The molecule has 2 aromatic heterocycles. The van der Waals surface area contributed by atoms with Gasteiger partial charge in [0.2, 0.25) is 5.91 Å². The van der Waals surface area contributed by atoms with Crippen LogP contribution >= 0.6 is 11.3 Å². The highest BCUT2D eigenvalue weighted by Crippen LogP contribution is 2.40. The van der Waals surface area contributed by atoms with Crippen LogP contribution in [0.25, 0.3) is 10.4 Å². The predicted octanol–water partition coefficient (Wildman–Crippen LogP) is 3.75. The molecule has 2 amide bonds. The van der Waals surface area contributed by atoms with Crippen LogP contribution in [-0.4, -0.2) is 36.4 Å². The zero-order chi connectivity index (χ0) is 22.1. The number of carbonyl (C=O) groups is 2. The number of pyridine rings is 1. The highest BCUT2D eigenvalue weighted by molar-refractivity contribution is 7.13. The summed E-state index contributed by atoms with van der Waals surface area (Å²) in [4.78, 5) is 32.8. The summed E-state index contributed by atoms with van der Waals surface area (Å²) < 4.78 is 0. The van der Waals surface area contributed by atoms with E-state index in [4.69, 9.17) is 5.73 Å². The third-order valence-corrected chi connectivity index (χ3v) is 7.30. The molecule has 4 N–H and O–H groups in total. The van der Waals surface area contributed by atoms with Gasteiger partial charge in [-0.2, -0.15) is 0 Å². The predicted molar refractivity (Wildman–Crippen MR) is 128 cm³/mol. The number of nitrogen functional groups attached to an aromatic ring is 1. The van der Waals surface area contributed by atoms with E-state index in [1.807, 2.05) is 29.6 Å². The first kappa shape index (κ1) is 20.7. The fourth-order valence-corrected chi connectivity index (χ4v) is 5.26. The molecule has 1 spiro atoms. The lowest BCUT2D eigenvalue weighted by molar-refractivity contribution is -0.118. The minimum absolute atomic E-state index is 0.0468. The summed E-state index contributed by atoms with van der Waals surface area (Å²) in [6.07, 6.45) is 4.09. The number of aromatic nitrogens is 1. The molecule has 0 unspecified atom stereocenters. The van der Waals surface area contributed by atoms with Gasteiger partial charge < -0.3 is 16.4 Å². The Morgan fingerprint density at radius 1 is 1.19 bits per heavy atom. The molecule has 8 heteroatoms. The van der Waals surface area contributed by atoms with Gasteiger partial charge in [0, 0.05) is 24.0 Å². The topological polar surface area (TPSA) is 100 Å². The second-order valence-electron chi connectivity index (χ2n) is 8.55. The Hall–Kier alpha value is -3.23. The minimum atomic E-state index is -0.290. The molecule has 4 heterocycles. The Kier molecular flexibility index (Phi) is 5.40. The molecule has 1 aromatic carbocycles. The molecule has 5 rings (SSSR count). The summed E-state index contributed by atoms with van der Waals surface area (Å²) in [5.74, 6) is 0.414. The Bertz CT molecular complexity index is 1140. The summed E-state index contributed by atoms with van der Waals surface area (Å²) in [7, 11) is 0. The number of nitrogens with one attached hydrogen (secondary N) is 2. The van der Waals surface area contributed by atoms with Crippen molar-refractivity contribution in [2.45, 2.75) is 19.3 Å². The molecule has 0 saturated carbocycles. The molecule has 0 bridgehead atoms. The number of hydrogen-bond donors (Lipinski definition) is 3. The Morgan fingerprint density at radius 2 is 2.03 bits per heavy atom. The first-order chi connectivity index (χ1) is 15.5. The van der Waals surface area contributed by atoms with Crippen LogP contribution in [0.3, 0.4) is 0 Å². The van der Waals surface area contributed by atoms with E-state index in [0.29, 0.717) is 35.7 Å². The third kappa shape index (κ3) is 3.99. The summed E-state index contributed by atoms with van der Waals surface area (Å²) in [5, 5.41) is 8.26. The van der Waals surface area contributed by atoms with Gasteiger partial charge in [-0.05, 0) is 72.6 Å². The van der Waals surface area contributed by atoms with Crippen LogP contribution in [0.2, 0.25) is 0 Å². The number of thiophene rings is 1. The first-order valence-corrected chi connectivity index (χ1v) is 11.6. The van der Waals surface area contributed by atoms with Crippen LogP contribution in [0, 0.1) is 5.41 Å². The summed E-state index contributed by atoms with van der Waals surface area (Å²) in [6.45, 7) is 2.59. The van der Waals surface area contributed by atoms with E-state index >= 15 is 0 Å². The number of rotatable bonds is 4. The molecular weight excluding hydrogens is 422 g/mol. The number of nitrogens with two attached hydrogens (primary N) is 1. The van der Waals surface area contributed by atoms with Crippen LogP contribution in [0.4, 0.5) is 17.2 Å². The number of carbonyl (C=O) groups excluding carboxylic acids is 2. The van der Waals surface area contributed by atoms with E-state index in [-0.39, 0.29) is 17.2 Å². The van der Waals surface area contributed by atoms with Crippen molar-refractivity contribution < 1.29 is 9.59 Å². The molecule has 0 radical (unpaired) electrons. The van der Waals surface area contributed by atoms with Gasteiger partial charge in [0.15, 0.2) is 0 Å². The molecule has 0 aliphatic carbocycles. The minimum Gasteiger partial charge on any atom is -0.397 e. The lowest BCUT2D eigenvalue weighted by Crippen LogP contribution is -2.38. The van der Waals surface area contributed by atoms with Gasteiger partial charge in [0.1, 0.15) is 5.82 Å². The van der Waals surface area contributed by atoms with Gasteiger partial charge in [-0.15, -0.1) is 11.3 Å². The van der Waals surface area contributed by atoms with Gasteiger partial charge in [0.25, 0.3) is 5.91 Å². The van der Waals surface area contributed by atoms with Crippen molar-refractivity contribution >= 4 is 40.3 Å². The van der Waals surface area contributed by atoms with Crippen LogP contribution in [0.5, 0.6) is 0 Å². The van der Waals surface area contributed by atoms with Crippen LogP contribution in [-0.2, 0) is 4.79 Å². The lowest BCUT2D eigenvalue weighted by Gasteiger charge is -2.32. The molecule has 2 fully saturated rings. The second-order valence-corrected chi connectivity index (χ2v) is 9.49. The van der Waals surface area contributed by atoms with Gasteiger partial charge >= 0.3 is 0 Å². The zero-order valence-corrected chi connectivity index (χ0v) is 18.5. The molecule has 0 atom stereocenters. The molecule has 32 heavy (non-hydrogen) atoms. The number of anilines is 3. The van der Waals surface area contributed by atoms with Crippen molar-refractivity contribution in [3.8, 4) is 10.4 Å². The van der Waals surface area contributed by atoms with Gasteiger partial charge in [-0.1, -0.05) is 12.1 Å². The van der Waals surface area contributed by atoms with E-state index in [1.54, 1.807) is 34.4 Å². The van der Waals surface area contributed by atoms with Crippen molar-refractivity contribution in [2.24, 2.45) is 5.41 Å². The first-order valence-electron chi connectivity index (χ1n) is 10.7. The van der Waals surface area contributed by atoms with Gasteiger partial charge in [-0.3, -0.25) is 14.5 Å². The molecular formula is C24H25N5O2S. The van der Waals surface area contributed by atoms with Crippen LogP contribution in [0.15, 0.2) is 54.0 Å². The SMILES string of the molecule is Nc1ccc(-c2cccs2)cc1NC(=O)c1ccc(N2CC3(CCNCC3)CC2=O)nc1. The number of amides is 2. The Balaban J connectivity index is 1.30. The van der Waals surface area contributed by atoms with E-state index in [2.05, 4.69) is 15.6 Å². The van der Waals surface area contributed by atoms with Gasteiger partial charge in [-0.25, -0.2) is 4.98 Å². The summed E-state index contributed by atoms with van der Waals surface area (Å²) in [6, 6.07) is 13.1. The van der Waals surface area contributed by atoms with Crippen molar-refractivity contribution in [2.75, 3.05) is 35.6 Å². The Morgan fingerprint density at radius 3 is 2.75 bits per heavy atom. The fourth-order valence-electron chi connectivity index (χ4n) is 4.53. The molecule has 2 aliphatic heterocycles. The van der Waals surface area contributed by atoms with E-state index in [9.17, 15) is 9.59 Å². The lowest BCUT2D eigenvalue weighted by atomic mass is 9.78. The number of piperidine rings is 1. The molecule has 3 aromatic rings. The van der Waals surface area contributed by atoms with E-state index in [1.165, 1.54) is 6.20 Å². The van der Waals surface area contributed by atoms with Crippen LogP contribution in [0.1, 0.15) is 29.6 Å². The van der Waals surface area contributed by atoms with E-state index in [0.717, 1.165) is 36.4 Å². The maximum atomic E-state index is 12.8. The van der Waals surface area contributed by atoms with Crippen LogP contribution < -0.4 is 21.3 Å². The molecule has 2 saturated heterocycles. The van der Waals surface area contributed by atoms with Crippen molar-refractivity contribution in [1.29, 1.82) is 0 Å². The largest absolute Gasteiger partial charge is 0.397 e. The zero-order valence-electron chi connectivity index (χ0n) is 17.6. The third-order valence-electron chi connectivity index (χ3n) is 6.38.